The van der Waals surface area contributed by atoms with E-state index >= 15 is 0 Å². The molecule has 1 nitrogen and oxygen atoms in total. The van der Waals surface area contributed by atoms with E-state index in [0.29, 0.717) is 6.04 Å². The van der Waals surface area contributed by atoms with Crippen molar-refractivity contribution in [2.24, 2.45) is 0 Å². The van der Waals surface area contributed by atoms with Crippen LogP contribution in [-0.2, 0) is 0 Å². The van der Waals surface area contributed by atoms with Gasteiger partial charge in [0.1, 0.15) is 0 Å². The highest BCUT2D eigenvalue weighted by Crippen LogP contribution is 2.06. The minimum Gasteiger partial charge on any atom is -0.388 e. The Balaban J connectivity index is 3.53. The summed E-state index contributed by atoms with van der Waals surface area (Å²) >= 11 is 0. The maximum absolute atomic E-state index is 3.42. The van der Waals surface area contributed by atoms with Crippen molar-refractivity contribution in [1.82, 2.24) is 5.32 Å². The molecule has 0 saturated carbocycles. The first kappa shape index (κ1) is 11.5. The molecule has 0 saturated heterocycles. The van der Waals surface area contributed by atoms with Gasteiger partial charge in [0.25, 0.3) is 0 Å². The van der Waals surface area contributed by atoms with Gasteiger partial charge in [-0.2, -0.15) is 0 Å². The lowest BCUT2D eigenvalue weighted by Crippen LogP contribution is -2.23. The molecule has 0 aromatic heterocycles. The van der Waals surface area contributed by atoms with Gasteiger partial charge >= 0.3 is 0 Å². The highest BCUT2D eigenvalue weighted by atomic mass is 14.9. The molecule has 0 fully saturated rings. The smallest absolute Gasteiger partial charge is 0.0255 e. The first-order chi connectivity index (χ1) is 5.85. The summed E-state index contributed by atoms with van der Waals surface area (Å²) in [5, 5.41) is 3.42. The lowest BCUT2D eigenvalue weighted by atomic mass is 10.1. The molecule has 1 N–H and O–H groups in total. The van der Waals surface area contributed by atoms with E-state index in [9.17, 15) is 0 Å². The Kier molecular flexibility index (Phi) is 8.30. The Bertz CT molecular complexity index is 108. The largest absolute Gasteiger partial charge is 0.388 e. The number of unbranched alkanes of at least 4 members (excludes halogenated alkanes) is 1. The molecule has 0 heterocycles. The van der Waals surface area contributed by atoms with Gasteiger partial charge in [-0.25, -0.2) is 0 Å². The van der Waals surface area contributed by atoms with Crippen LogP contribution in [0.4, 0.5) is 0 Å². The van der Waals surface area contributed by atoms with Gasteiger partial charge < -0.3 is 5.32 Å². The number of allylic oxidation sites excluding steroid dienone is 1. The molecule has 1 atom stereocenters. The number of hydrogen-bond acceptors (Lipinski definition) is 1. The molecule has 0 aromatic carbocycles. The Morgan fingerprint density at radius 3 is 2.42 bits per heavy atom. The zero-order valence-electron chi connectivity index (χ0n) is 8.77. The van der Waals surface area contributed by atoms with E-state index < -0.39 is 0 Å². The third-order valence-corrected chi connectivity index (χ3v) is 2.04. The van der Waals surface area contributed by atoms with Crippen LogP contribution in [0.5, 0.6) is 0 Å². The zero-order chi connectivity index (χ0) is 9.23. The molecule has 1 unspecified atom stereocenters. The summed E-state index contributed by atoms with van der Waals surface area (Å²) in [4.78, 5) is 0. The molecule has 12 heavy (non-hydrogen) atoms. The number of nitrogens with one attached hydrogen (secondary N) is 1. The first-order valence-corrected chi connectivity index (χ1v) is 5.22. The molecule has 0 aromatic rings. The highest BCUT2D eigenvalue weighted by molar-refractivity contribution is 4.79. The summed E-state index contributed by atoms with van der Waals surface area (Å²) in [5.41, 5.74) is 0. The van der Waals surface area contributed by atoms with Gasteiger partial charge in [0.15, 0.2) is 0 Å². The molecule has 1 heteroatoms. The predicted octanol–water partition coefficient (Wildman–Crippen LogP) is 3.47. The third-order valence-electron chi connectivity index (χ3n) is 2.04. The van der Waals surface area contributed by atoms with Crippen LogP contribution in [0, 0.1) is 0 Å². The van der Waals surface area contributed by atoms with Gasteiger partial charge in [-0.1, -0.05) is 39.2 Å². The summed E-state index contributed by atoms with van der Waals surface area (Å²) in [6.07, 6.45) is 10.7. The third kappa shape index (κ3) is 6.26. The van der Waals surface area contributed by atoms with E-state index in [1.54, 1.807) is 0 Å². The fraction of sp³-hybridized carbons (Fsp3) is 0.818. The quantitative estimate of drug-likeness (QED) is 0.615. The lowest BCUT2D eigenvalue weighted by molar-refractivity contribution is 0.481. The van der Waals surface area contributed by atoms with Gasteiger partial charge in [0.2, 0.25) is 0 Å². The van der Waals surface area contributed by atoms with Crippen LogP contribution in [0.3, 0.4) is 0 Å². The highest BCUT2D eigenvalue weighted by Gasteiger charge is 2.02. The summed E-state index contributed by atoms with van der Waals surface area (Å²) in [5.74, 6) is 0. The molecule has 0 amide bonds. The number of rotatable bonds is 7. The van der Waals surface area contributed by atoms with Crippen LogP contribution >= 0.6 is 0 Å². The van der Waals surface area contributed by atoms with Crippen LogP contribution in [0.25, 0.3) is 0 Å². The fourth-order valence-corrected chi connectivity index (χ4v) is 1.34. The van der Waals surface area contributed by atoms with Gasteiger partial charge in [-0.15, -0.1) is 0 Å². The molecule has 0 rings (SSSR count). The average molecular weight is 169 g/mol. The van der Waals surface area contributed by atoms with E-state index in [0.717, 1.165) is 0 Å². The van der Waals surface area contributed by atoms with Crippen LogP contribution in [0.1, 0.15) is 52.9 Å². The Morgan fingerprint density at radius 1 is 1.17 bits per heavy atom. The van der Waals surface area contributed by atoms with E-state index in [-0.39, 0.29) is 0 Å². The molecule has 0 aliphatic heterocycles. The molecular formula is C11H23N. The minimum atomic E-state index is 0.700. The summed E-state index contributed by atoms with van der Waals surface area (Å²) in [7, 11) is 0. The second-order valence-corrected chi connectivity index (χ2v) is 3.29. The van der Waals surface area contributed by atoms with Crippen molar-refractivity contribution in [1.29, 1.82) is 0 Å². The Morgan fingerprint density at radius 2 is 1.92 bits per heavy atom. The van der Waals surface area contributed by atoms with Crippen LogP contribution in [-0.4, -0.2) is 6.04 Å². The van der Waals surface area contributed by atoms with Crippen molar-refractivity contribution in [3.8, 4) is 0 Å². The zero-order valence-corrected chi connectivity index (χ0v) is 8.77. The summed E-state index contributed by atoms with van der Waals surface area (Å²) in [6.45, 7) is 6.55. The lowest BCUT2D eigenvalue weighted by Gasteiger charge is -2.15. The fourth-order valence-electron chi connectivity index (χ4n) is 1.34. The monoisotopic (exact) mass is 169 g/mol. The molecule has 0 aliphatic rings. The Hall–Kier alpha value is -0.460. The average Bonchev–Trinajstić information content (AvgIpc) is 2.10. The number of hydrogen-bond donors (Lipinski definition) is 1. The van der Waals surface area contributed by atoms with E-state index in [1.165, 1.54) is 32.1 Å². The summed E-state index contributed by atoms with van der Waals surface area (Å²) < 4.78 is 0. The second-order valence-electron chi connectivity index (χ2n) is 3.29. The topological polar surface area (TPSA) is 12.0 Å². The maximum atomic E-state index is 3.42. The van der Waals surface area contributed by atoms with Crippen molar-refractivity contribution < 1.29 is 0 Å². The van der Waals surface area contributed by atoms with E-state index in [2.05, 4.69) is 38.4 Å². The van der Waals surface area contributed by atoms with Gasteiger partial charge in [-0.3, -0.25) is 0 Å². The molecular weight excluding hydrogens is 146 g/mol. The first-order valence-electron chi connectivity index (χ1n) is 5.22. The van der Waals surface area contributed by atoms with Crippen LogP contribution in [0.2, 0.25) is 0 Å². The van der Waals surface area contributed by atoms with Crippen LogP contribution in [0.15, 0.2) is 12.3 Å². The normalized spacial score (nSPS) is 13.6. The Labute approximate surface area is 77.2 Å². The van der Waals surface area contributed by atoms with Crippen molar-refractivity contribution in [3.05, 3.63) is 12.3 Å². The molecule has 0 aliphatic carbocycles. The van der Waals surface area contributed by atoms with Gasteiger partial charge in [0, 0.05) is 6.04 Å². The molecule has 0 radical (unpaired) electrons. The molecule has 72 valence electrons. The second kappa shape index (κ2) is 8.63. The standard InChI is InChI=1S/C11H23N/c1-4-7-9-11(8-5-2)12-10-6-3/h6,10-12H,4-5,7-9H2,1-3H3. The van der Waals surface area contributed by atoms with Crippen molar-refractivity contribution >= 4 is 0 Å². The SMILES string of the molecule is CC=CNC(CCC)CCCC. The van der Waals surface area contributed by atoms with E-state index in [4.69, 9.17) is 0 Å². The van der Waals surface area contributed by atoms with E-state index in [1.807, 2.05) is 0 Å². The van der Waals surface area contributed by atoms with Gasteiger partial charge in [0.05, 0.1) is 0 Å². The van der Waals surface area contributed by atoms with Crippen molar-refractivity contribution in [3.63, 3.8) is 0 Å². The minimum absolute atomic E-state index is 0.700. The van der Waals surface area contributed by atoms with Crippen LogP contribution < -0.4 is 5.32 Å². The van der Waals surface area contributed by atoms with Gasteiger partial charge in [-0.05, 0) is 26.0 Å². The molecule has 0 spiro atoms. The predicted molar refractivity (Wildman–Crippen MR) is 56.2 cm³/mol. The van der Waals surface area contributed by atoms with Crippen molar-refractivity contribution in [2.45, 2.75) is 58.9 Å². The summed E-state index contributed by atoms with van der Waals surface area (Å²) in [6, 6.07) is 0.700. The molecule has 0 bridgehead atoms. The van der Waals surface area contributed by atoms with Crippen molar-refractivity contribution in [2.75, 3.05) is 0 Å². The maximum Gasteiger partial charge on any atom is 0.0255 e.